The van der Waals surface area contributed by atoms with Crippen molar-refractivity contribution in [2.45, 2.75) is 25.0 Å². The molecule has 3 heteroatoms. The topological polar surface area (TPSA) is 37.1 Å². The lowest BCUT2D eigenvalue weighted by Gasteiger charge is -2.17. The van der Waals surface area contributed by atoms with Crippen LogP contribution in [-0.4, -0.2) is 25.4 Å². The summed E-state index contributed by atoms with van der Waals surface area (Å²) in [6, 6.07) is 11.6. The molecule has 16 heavy (non-hydrogen) atoms. The van der Waals surface area contributed by atoms with Gasteiger partial charge >= 0.3 is 0 Å². The Balaban J connectivity index is 1.57. The van der Waals surface area contributed by atoms with Crippen molar-refractivity contribution in [2.75, 3.05) is 18.5 Å². The Morgan fingerprint density at radius 2 is 1.62 bits per heavy atom. The van der Waals surface area contributed by atoms with Crippen LogP contribution < -0.4 is 5.32 Å². The molecule has 2 aliphatic heterocycles. The molecule has 1 aromatic rings. The maximum Gasteiger partial charge on any atom is 0.0833 e. The van der Waals surface area contributed by atoms with Gasteiger partial charge in [-0.1, -0.05) is 18.2 Å². The minimum Gasteiger partial charge on any atom is -0.377 e. The number of hydrogen-bond acceptors (Lipinski definition) is 3. The SMILES string of the molecule is c1ccc(N[C](CC2CO2)CC2CO2)cc1. The number of para-hydroxylation sites is 1. The Kier molecular flexibility index (Phi) is 2.80. The Bertz CT molecular complexity index is 319. The minimum atomic E-state index is 0.435. The van der Waals surface area contributed by atoms with Crippen LogP contribution in [0.1, 0.15) is 12.8 Å². The Morgan fingerprint density at radius 3 is 2.12 bits per heavy atom. The van der Waals surface area contributed by atoms with Crippen LogP contribution in [0, 0.1) is 6.04 Å². The summed E-state index contributed by atoms with van der Waals surface area (Å²) in [5.74, 6) is 0. The normalized spacial score (nSPS) is 26.8. The van der Waals surface area contributed by atoms with Gasteiger partial charge in [0, 0.05) is 18.5 Å². The molecular formula is C13H16NO2. The standard InChI is InChI=1S/C13H16NO2/c1-2-4-10(5-3-1)14-11(6-12-8-15-12)7-13-9-16-13/h1-5,12-14H,6-9H2. The molecule has 0 aliphatic carbocycles. The van der Waals surface area contributed by atoms with E-state index in [9.17, 15) is 0 Å². The summed E-state index contributed by atoms with van der Waals surface area (Å²) in [6.07, 6.45) is 2.89. The zero-order chi connectivity index (χ0) is 10.8. The number of hydrogen-bond donors (Lipinski definition) is 1. The number of rotatable bonds is 6. The van der Waals surface area contributed by atoms with E-state index in [4.69, 9.17) is 9.47 Å². The highest BCUT2D eigenvalue weighted by atomic mass is 16.6. The Morgan fingerprint density at radius 1 is 1.06 bits per heavy atom. The fourth-order valence-electron chi connectivity index (χ4n) is 1.83. The molecule has 3 nitrogen and oxygen atoms in total. The van der Waals surface area contributed by atoms with Gasteiger partial charge in [0.15, 0.2) is 0 Å². The van der Waals surface area contributed by atoms with Crippen LogP contribution in [0.4, 0.5) is 5.69 Å². The van der Waals surface area contributed by atoms with Crippen LogP contribution >= 0.6 is 0 Å². The van der Waals surface area contributed by atoms with Gasteiger partial charge in [-0.3, -0.25) is 0 Å². The molecule has 0 bridgehead atoms. The lowest BCUT2D eigenvalue weighted by atomic mass is 10.1. The third kappa shape index (κ3) is 2.97. The molecule has 85 valence electrons. The fourth-order valence-corrected chi connectivity index (χ4v) is 1.83. The van der Waals surface area contributed by atoms with E-state index in [-0.39, 0.29) is 0 Å². The molecule has 2 unspecified atom stereocenters. The van der Waals surface area contributed by atoms with Gasteiger partial charge in [0.05, 0.1) is 31.5 Å². The van der Waals surface area contributed by atoms with Crippen LogP contribution in [0.3, 0.4) is 0 Å². The third-order valence-corrected chi connectivity index (χ3v) is 2.85. The van der Waals surface area contributed by atoms with E-state index in [1.165, 1.54) is 6.04 Å². The van der Waals surface area contributed by atoms with Crippen LogP contribution in [0.5, 0.6) is 0 Å². The molecular weight excluding hydrogens is 202 g/mol. The van der Waals surface area contributed by atoms with E-state index in [1.54, 1.807) is 0 Å². The van der Waals surface area contributed by atoms with Gasteiger partial charge in [0.25, 0.3) is 0 Å². The number of nitrogens with one attached hydrogen (secondary N) is 1. The quantitative estimate of drug-likeness (QED) is 0.744. The molecule has 1 N–H and O–H groups in total. The second kappa shape index (κ2) is 4.44. The van der Waals surface area contributed by atoms with Crippen LogP contribution in [0.2, 0.25) is 0 Å². The van der Waals surface area contributed by atoms with Gasteiger partial charge in [-0.05, 0) is 12.1 Å². The lowest BCUT2D eigenvalue weighted by molar-refractivity contribution is 0.377. The summed E-state index contributed by atoms with van der Waals surface area (Å²) in [6.45, 7) is 1.82. The van der Waals surface area contributed by atoms with Gasteiger partial charge < -0.3 is 14.8 Å². The van der Waals surface area contributed by atoms with E-state index in [1.807, 2.05) is 18.2 Å². The summed E-state index contributed by atoms with van der Waals surface area (Å²) in [5.41, 5.74) is 1.15. The molecule has 2 atom stereocenters. The molecule has 0 aromatic heterocycles. The van der Waals surface area contributed by atoms with Crippen molar-refractivity contribution in [3.63, 3.8) is 0 Å². The second-order valence-electron chi connectivity index (χ2n) is 4.41. The first kappa shape index (κ1) is 10.1. The minimum absolute atomic E-state index is 0.435. The first-order valence-corrected chi connectivity index (χ1v) is 5.80. The van der Waals surface area contributed by atoms with Crippen LogP contribution in [-0.2, 0) is 9.47 Å². The maximum absolute atomic E-state index is 5.28. The lowest BCUT2D eigenvalue weighted by Crippen LogP contribution is -2.15. The average Bonchev–Trinajstić information content (AvgIpc) is 3.15. The van der Waals surface area contributed by atoms with Crippen molar-refractivity contribution in [1.82, 2.24) is 0 Å². The predicted octanol–water partition coefficient (Wildman–Crippen LogP) is 2.21. The van der Waals surface area contributed by atoms with Crippen molar-refractivity contribution in [1.29, 1.82) is 0 Å². The fraction of sp³-hybridized carbons (Fsp3) is 0.462. The average molecular weight is 218 g/mol. The van der Waals surface area contributed by atoms with Crippen molar-refractivity contribution < 1.29 is 9.47 Å². The van der Waals surface area contributed by atoms with Gasteiger partial charge in [-0.2, -0.15) is 0 Å². The van der Waals surface area contributed by atoms with E-state index in [0.29, 0.717) is 12.2 Å². The summed E-state index contributed by atoms with van der Waals surface area (Å²) in [7, 11) is 0. The Hall–Kier alpha value is -1.06. The van der Waals surface area contributed by atoms with E-state index in [0.717, 1.165) is 31.7 Å². The first-order valence-electron chi connectivity index (χ1n) is 5.80. The van der Waals surface area contributed by atoms with Crippen molar-refractivity contribution >= 4 is 5.69 Å². The highest BCUT2D eigenvalue weighted by Crippen LogP contribution is 2.29. The largest absolute Gasteiger partial charge is 0.377 e. The van der Waals surface area contributed by atoms with Gasteiger partial charge in [-0.25, -0.2) is 0 Å². The maximum atomic E-state index is 5.28. The van der Waals surface area contributed by atoms with E-state index >= 15 is 0 Å². The smallest absolute Gasteiger partial charge is 0.0833 e. The molecule has 0 amide bonds. The molecule has 0 spiro atoms. The summed E-state index contributed by atoms with van der Waals surface area (Å²) in [5, 5.41) is 3.48. The van der Waals surface area contributed by atoms with Crippen LogP contribution in [0.15, 0.2) is 30.3 Å². The molecule has 2 aliphatic rings. The highest BCUT2D eigenvalue weighted by Gasteiger charge is 2.32. The number of benzene rings is 1. The molecule has 0 saturated carbocycles. The highest BCUT2D eigenvalue weighted by molar-refractivity contribution is 5.46. The van der Waals surface area contributed by atoms with E-state index in [2.05, 4.69) is 17.4 Å². The summed E-state index contributed by atoms with van der Waals surface area (Å²) in [4.78, 5) is 0. The van der Waals surface area contributed by atoms with Crippen LogP contribution in [0.25, 0.3) is 0 Å². The molecule has 2 heterocycles. The predicted molar refractivity (Wildman–Crippen MR) is 62.0 cm³/mol. The first-order chi connectivity index (χ1) is 7.90. The molecule has 1 aromatic carbocycles. The second-order valence-corrected chi connectivity index (χ2v) is 4.41. The van der Waals surface area contributed by atoms with Crippen molar-refractivity contribution in [2.24, 2.45) is 0 Å². The number of anilines is 1. The molecule has 2 fully saturated rings. The van der Waals surface area contributed by atoms with Gasteiger partial charge in [0.2, 0.25) is 0 Å². The third-order valence-electron chi connectivity index (χ3n) is 2.85. The van der Waals surface area contributed by atoms with Crippen molar-refractivity contribution in [3.8, 4) is 0 Å². The van der Waals surface area contributed by atoms with Gasteiger partial charge in [0.1, 0.15) is 0 Å². The monoisotopic (exact) mass is 218 g/mol. The molecule has 2 saturated heterocycles. The zero-order valence-electron chi connectivity index (χ0n) is 9.19. The number of epoxide rings is 2. The molecule has 3 rings (SSSR count). The zero-order valence-corrected chi connectivity index (χ0v) is 9.19. The van der Waals surface area contributed by atoms with E-state index < -0.39 is 0 Å². The molecule has 1 radical (unpaired) electrons. The summed E-state index contributed by atoms with van der Waals surface area (Å²) >= 11 is 0. The van der Waals surface area contributed by atoms with Gasteiger partial charge in [-0.15, -0.1) is 0 Å². The Labute approximate surface area is 95.8 Å². The summed E-state index contributed by atoms with van der Waals surface area (Å²) < 4.78 is 10.6. The number of ether oxygens (including phenoxy) is 2. The van der Waals surface area contributed by atoms with Crippen molar-refractivity contribution in [3.05, 3.63) is 36.4 Å².